The predicted octanol–water partition coefficient (Wildman–Crippen LogP) is 5.67. The van der Waals surface area contributed by atoms with Crippen molar-refractivity contribution in [1.82, 2.24) is 24.5 Å². The first kappa shape index (κ1) is 34.5. The average molecular weight is 669 g/mol. The Hall–Kier alpha value is -2.38. The minimum absolute atomic E-state index is 0.103. The molecule has 2 aromatic heterocycles. The zero-order valence-electron chi connectivity index (χ0n) is 26.0. The summed E-state index contributed by atoms with van der Waals surface area (Å²) in [6.07, 6.45) is 8.33. The number of fused-ring (bicyclic) bond motifs is 1. The van der Waals surface area contributed by atoms with Gasteiger partial charge in [-0.05, 0) is 76.8 Å². The zero-order chi connectivity index (χ0) is 31.9. The Morgan fingerprint density at radius 1 is 1.25 bits per heavy atom. The summed E-state index contributed by atoms with van der Waals surface area (Å²) in [7, 11) is -1.23. The second-order valence-corrected chi connectivity index (χ2v) is 13.8. The van der Waals surface area contributed by atoms with Crippen molar-refractivity contribution < 1.29 is 27.5 Å². The molecule has 1 saturated carbocycles. The number of hydrogen-bond acceptors (Lipinski definition) is 10. The smallest absolute Gasteiger partial charge is 0.326 e. The molecule has 0 amide bonds. The van der Waals surface area contributed by atoms with Gasteiger partial charge in [-0.1, -0.05) is 18.5 Å². The van der Waals surface area contributed by atoms with Gasteiger partial charge in [0.15, 0.2) is 5.82 Å². The molecule has 1 aromatic carbocycles. The van der Waals surface area contributed by atoms with Crippen molar-refractivity contribution >= 4 is 53.9 Å². The lowest BCUT2D eigenvalue weighted by Crippen LogP contribution is -2.46. The van der Waals surface area contributed by atoms with E-state index in [1.165, 1.54) is 6.33 Å². The maximum atomic E-state index is 12.5. The van der Waals surface area contributed by atoms with Crippen molar-refractivity contribution in [3.05, 3.63) is 47.9 Å². The third kappa shape index (κ3) is 9.09. The Morgan fingerprint density at radius 3 is 2.61 bits per heavy atom. The molecule has 4 rings (SSSR count). The van der Waals surface area contributed by atoms with E-state index in [4.69, 9.17) is 30.1 Å². The van der Waals surface area contributed by atoms with E-state index < -0.39 is 31.0 Å². The van der Waals surface area contributed by atoms with E-state index >= 15 is 0 Å². The highest BCUT2D eigenvalue weighted by atomic mass is 35.5. The van der Waals surface area contributed by atoms with Gasteiger partial charge in [0.1, 0.15) is 40.5 Å². The number of hydrogen-bond donors (Lipinski definition) is 2. The van der Waals surface area contributed by atoms with Crippen molar-refractivity contribution in [3.8, 4) is 5.75 Å². The topological polar surface area (TPSA) is 129 Å². The Bertz CT molecular complexity index is 1410. The number of esters is 1. The Balaban J connectivity index is 1.41. The van der Waals surface area contributed by atoms with E-state index in [1.54, 1.807) is 58.4 Å². The van der Waals surface area contributed by atoms with Crippen LogP contribution in [0.25, 0.3) is 11.0 Å². The number of aromatic nitrogens is 3. The molecule has 4 unspecified atom stereocenters. The van der Waals surface area contributed by atoms with Crippen molar-refractivity contribution in [3.63, 3.8) is 0 Å². The molecule has 0 radical (unpaired) electrons. The molecule has 0 bridgehead atoms. The number of methoxy groups -OCH3 is 1. The predicted molar refractivity (Wildman–Crippen MR) is 173 cm³/mol. The largest absolute Gasteiger partial charge is 0.465 e. The Labute approximate surface area is 267 Å². The number of benzene rings is 1. The van der Waals surface area contributed by atoms with E-state index in [9.17, 15) is 9.00 Å². The van der Waals surface area contributed by atoms with Gasteiger partial charge in [0.2, 0.25) is 0 Å². The van der Waals surface area contributed by atoms with E-state index in [0.29, 0.717) is 29.6 Å². The lowest BCUT2D eigenvalue weighted by Gasteiger charge is -2.29. The van der Waals surface area contributed by atoms with Crippen LogP contribution in [0.5, 0.6) is 5.75 Å². The molecule has 0 spiro atoms. The van der Waals surface area contributed by atoms with Crippen LogP contribution in [0.4, 0.5) is 5.82 Å². The quantitative estimate of drug-likeness (QED) is 0.0758. The molecule has 2 N–H and O–H groups in total. The van der Waals surface area contributed by atoms with Gasteiger partial charge in [-0.2, -0.15) is 0 Å². The second-order valence-electron chi connectivity index (χ2n) is 11.1. The first-order valence-electron chi connectivity index (χ1n) is 14.6. The molecule has 12 nitrogen and oxygen atoms in total. The van der Waals surface area contributed by atoms with E-state index in [-0.39, 0.29) is 24.8 Å². The van der Waals surface area contributed by atoms with Crippen LogP contribution in [0.2, 0.25) is 5.02 Å². The van der Waals surface area contributed by atoms with Crippen LogP contribution in [-0.2, 0) is 29.8 Å². The van der Waals surface area contributed by atoms with Crippen LogP contribution in [0.15, 0.2) is 42.9 Å². The summed E-state index contributed by atoms with van der Waals surface area (Å²) < 4.78 is 37.4. The molecule has 1 aliphatic carbocycles. The fourth-order valence-corrected chi connectivity index (χ4v) is 6.65. The van der Waals surface area contributed by atoms with Gasteiger partial charge in [0, 0.05) is 36.5 Å². The maximum absolute atomic E-state index is 12.5. The maximum Gasteiger partial charge on any atom is 0.326 e. The Morgan fingerprint density at radius 2 is 1.98 bits per heavy atom. The molecule has 242 valence electrons. The summed E-state index contributed by atoms with van der Waals surface area (Å²) in [5, 5.41) is 6.53. The highest BCUT2D eigenvalue weighted by Gasteiger charge is 2.35. The first-order chi connectivity index (χ1) is 21.0. The average Bonchev–Trinajstić information content (AvgIpc) is 3.74. The molecule has 44 heavy (non-hydrogen) atoms. The number of carbonyl (C=O) groups is 1. The van der Waals surface area contributed by atoms with Crippen molar-refractivity contribution in [1.29, 1.82) is 0 Å². The van der Waals surface area contributed by atoms with Crippen molar-refractivity contribution in [2.24, 2.45) is 5.92 Å². The molecule has 2 heterocycles. The summed E-state index contributed by atoms with van der Waals surface area (Å²) in [6, 6.07) is 9.20. The molecule has 3 aromatic rings. The molecular formula is C29H42ClN6O6PS. The summed E-state index contributed by atoms with van der Waals surface area (Å²) in [5.41, 5.74) is -0.278. The minimum Gasteiger partial charge on any atom is -0.465 e. The third-order valence-electron chi connectivity index (χ3n) is 7.03. The number of anilines is 1. The normalized spacial score (nSPS) is 16.3. The molecule has 4 atom stereocenters. The van der Waals surface area contributed by atoms with E-state index in [2.05, 4.69) is 26.8 Å². The number of nitrogens with one attached hydrogen (secondary N) is 2. The van der Waals surface area contributed by atoms with Crippen LogP contribution in [0.1, 0.15) is 59.6 Å². The molecular weight excluding hydrogens is 627 g/mol. The summed E-state index contributed by atoms with van der Waals surface area (Å²) in [4.78, 5) is 24.6. The van der Waals surface area contributed by atoms with E-state index in [1.807, 2.05) is 21.8 Å². The van der Waals surface area contributed by atoms with Gasteiger partial charge in [-0.15, -0.1) is 4.83 Å². The number of rotatable bonds is 18. The van der Waals surface area contributed by atoms with Crippen LogP contribution >= 0.6 is 20.1 Å². The van der Waals surface area contributed by atoms with Crippen LogP contribution in [-0.4, -0.2) is 62.9 Å². The lowest BCUT2D eigenvalue weighted by molar-refractivity contribution is -0.149. The van der Waals surface area contributed by atoms with Gasteiger partial charge in [-0.25, -0.2) is 19.3 Å². The molecule has 0 aliphatic heterocycles. The summed E-state index contributed by atoms with van der Waals surface area (Å²) in [6.45, 7) is 8.02. The van der Waals surface area contributed by atoms with Crippen molar-refractivity contribution in [2.75, 3.05) is 31.6 Å². The van der Waals surface area contributed by atoms with Crippen LogP contribution in [0, 0.1) is 5.92 Å². The van der Waals surface area contributed by atoms with E-state index in [0.717, 1.165) is 30.3 Å². The third-order valence-corrected chi connectivity index (χ3v) is 9.27. The highest BCUT2D eigenvalue weighted by Crippen LogP contribution is 2.39. The van der Waals surface area contributed by atoms with Crippen LogP contribution in [0.3, 0.4) is 0 Å². The first-order valence-corrected chi connectivity index (χ1v) is 17.7. The zero-order valence-corrected chi connectivity index (χ0v) is 28.5. The molecule has 1 aliphatic rings. The summed E-state index contributed by atoms with van der Waals surface area (Å²) >= 11 is 6.03. The van der Waals surface area contributed by atoms with Gasteiger partial charge in [-0.3, -0.25) is 9.80 Å². The number of nitrogens with zero attached hydrogens (tertiary/aromatic N) is 4. The Kier molecular flexibility index (Phi) is 12.3. The monoisotopic (exact) mass is 668 g/mol. The minimum atomic E-state index is -1.68. The fourth-order valence-electron chi connectivity index (χ4n) is 4.69. The van der Waals surface area contributed by atoms with Gasteiger partial charge in [0.05, 0.1) is 18.6 Å². The van der Waals surface area contributed by atoms with Gasteiger partial charge in [0.25, 0.3) is 0 Å². The highest BCUT2D eigenvalue weighted by molar-refractivity contribution is 7.82. The number of ether oxygens (including phenoxy) is 2. The number of hydrazine groups is 1. The van der Waals surface area contributed by atoms with Crippen molar-refractivity contribution in [2.45, 2.75) is 71.2 Å². The second kappa shape index (κ2) is 15.8. The summed E-state index contributed by atoms with van der Waals surface area (Å²) in [5.74, 6) is 0.986. The molecule has 15 heteroatoms. The lowest BCUT2D eigenvalue weighted by atomic mass is 10.0. The standard InChI is InChI=1S/C29H42ClN6O6PS/c1-7-40-28(37)29(3,4)33-43(42-23-14-10-21(30)11-15-23)41-18-8-9-20(2)27(39-5)35-17-16-24-25(35)31-19-32-26(24)36(22-12-13-22)34-44(6)38/h10-11,14-17,19-20,22,27,33-34H,7-9,12-13,18H2,1-6H3. The SMILES string of the molecule is CCOC(=O)C(C)(C)NP(OCCCC(C)C(OC)n1ccc2c(N(NS(C)=O)C3CC3)ncnc21)Oc1ccc(Cl)cc1. The molecule has 0 saturated heterocycles. The molecule has 1 fully saturated rings. The van der Waals surface area contributed by atoms with Crippen LogP contribution < -0.4 is 19.5 Å². The fraction of sp³-hybridized carbons (Fsp3) is 0.552. The number of carbonyl (C=O) groups excluding carboxylic acids is 1. The van der Waals surface area contributed by atoms with Gasteiger partial charge >= 0.3 is 14.5 Å². The number of halogens is 1. The van der Waals surface area contributed by atoms with Gasteiger partial charge < -0.3 is 23.1 Å².